The Morgan fingerprint density at radius 3 is 2.69 bits per heavy atom. The predicted octanol–water partition coefficient (Wildman–Crippen LogP) is 4.37. The van der Waals surface area contributed by atoms with Crippen molar-refractivity contribution in [3.05, 3.63) is 81.5 Å². The number of hydrogen-bond acceptors (Lipinski definition) is 4. The van der Waals surface area contributed by atoms with Gasteiger partial charge in [-0.25, -0.2) is 0 Å². The second kappa shape index (κ2) is 6.77. The van der Waals surface area contributed by atoms with Gasteiger partial charge in [0.25, 0.3) is 5.91 Å². The third kappa shape index (κ3) is 3.13. The van der Waals surface area contributed by atoms with E-state index in [9.17, 15) is 9.59 Å². The first-order valence-corrected chi connectivity index (χ1v) is 9.28. The molecule has 0 saturated carbocycles. The van der Waals surface area contributed by atoms with E-state index in [1.54, 1.807) is 35.6 Å². The Morgan fingerprint density at radius 1 is 1.12 bits per heavy atom. The summed E-state index contributed by atoms with van der Waals surface area (Å²) in [6.45, 7) is 1.95. The molecular weight excluding hydrogens is 346 g/mol. The van der Waals surface area contributed by atoms with E-state index in [0.717, 1.165) is 0 Å². The molecule has 0 unspecified atom stereocenters. The van der Waals surface area contributed by atoms with Crippen molar-refractivity contribution in [2.75, 3.05) is 0 Å². The van der Waals surface area contributed by atoms with Gasteiger partial charge < -0.3 is 9.73 Å². The highest BCUT2D eigenvalue weighted by atomic mass is 32.1. The fourth-order valence-electron chi connectivity index (χ4n) is 3.08. The van der Waals surface area contributed by atoms with Crippen LogP contribution in [-0.4, -0.2) is 11.9 Å². The summed E-state index contributed by atoms with van der Waals surface area (Å²) in [6.07, 6.45) is 0.716. The second-order valence-corrected chi connectivity index (χ2v) is 7.22. The molecule has 2 heterocycles. The molecule has 0 radical (unpaired) electrons. The van der Waals surface area contributed by atoms with Crippen LogP contribution in [0, 0.1) is 0 Å². The first kappa shape index (κ1) is 16.5. The van der Waals surface area contributed by atoms with Crippen molar-refractivity contribution in [3.63, 3.8) is 0 Å². The highest BCUT2D eigenvalue weighted by Gasteiger charge is 2.16. The zero-order valence-corrected chi connectivity index (χ0v) is 15.0. The van der Waals surface area contributed by atoms with Crippen molar-refractivity contribution in [2.24, 2.45) is 0 Å². The molecule has 4 aromatic rings. The largest absolute Gasteiger partial charge is 0.451 e. The standard InChI is InChI=1S/C21H17NO3S/c1-13(10-14-12-26-20-9-5-3-6-15(14)20)22-21(24)19-11-17(23)16-7-2-4-8-18(16)25-19/h2-9,11-13H,10H2,1H3,(H,22,24)/t13-/m1/s1. The molecule has 1 amide bonds. The summed E-state index contributed by atoms with van der Waals surface area (Å²) < 4.78 is 6.84. The lowest BCUT2D eigenvalue weighted by atomic mass is 10.1. The number of rotatable bonds is 4. The van der Waals surface area contributed by atoms with Crippen molar-refractivity contribution in [3.8, 4) is 0 Å². The minimum absolute atomic E-state index is 0.0377. The van der Waals surface area contributed by atoms with Crippen LogP contribution in [0.5, 0.6) is 0 Å². The molecular formula is C21H17NO3S. The molecule has 2 aromatic heterocycles. The van der Waals surface area contributed by atoms with E-state index < -0.39 is 0 Å². The Morgan fingerprint density at radius 2 is 1.85 bits per heavy atom. The lowest BCUT2D eigenvalue weighted by Crippen LogP contribution is -2.34. The zero-order valence-electron chi connectivity index (χ0n) is 14.2. The van der Waals surface area contributed by atoms with Gasteiger partial charge in [-0.1, -0.05) is 30.3 Å². The molecule has 0 aliphatic heterocycles. The molecule has 4 rings (SSSR count). The van der Waals surface area contributed by atoms with Crippen LogP contribution in [0.2, 0.25) is 0 Å². The topological polar surface area (TPSA) is 59.3 Å². The summed E-state index contributed by atoms with van der Waals surface area (Å²) in [5, 5.41) is 6.74. The van der Waals surface area contributed by atoms with Gasteiger partial charge in [0.05, 0.1) is 5.39 Å². The van der Waals surface area contributed by atoms with E-state index in [2.05, 4.69) is 22.8 Å². The number of thiophene rings is 1. The van der Waals surface area contributed by atoms with E-state index in [4.69, 9.17) is 4.42 Å². The van der Waals surface area contributed by atoms with Crippen LogP contribution in [0.3, 0.4) is 0 Å². The third-order valence-electron chi connectivity index (χ3n) is 4.32. The highest BCUT2D eigenvalue weighted by Crippen LogP contribution is 2.26. The van der Waals surface area contributed by atoms with Crippen LogP contribution in [0.4, 0.5) is 0 Å². The van der Waals surface area contributed by atoms with Crippen LogP contribution in [-0.2, 0) is 6.42 Å². The summed E-state index contributed by atoms with van der Waals surface area (Å²) >= 11 is 1.70. The molecule has 26 heavy (non-hydrogen) atoms. The van der Waals surface area contributed by atoms with Crippen LogP contribution < -0.4 is 10.7 Å². The maximum Gasteiger partial charge on any atom is 0.287 e. The maximum atomic E-state index is 12.5. The zero-order chi connectivity index (χ0) is 18.1. The molecule has 0 aliphatic rings. The molecule has 1 N–H and O–H groups in total. The first-order chi connectivity index (χ1) is 12.6. The van der Waals surface area contributed by atoms with Gasteiger partial charge >= 0.3 is 0 Å². The Kier molecular flexibility index (Phi) is 4.31. The van der Waals surface area contributed by atoms with E-state index in [1.807, 2.05) is 19.1 Å². The van der Waals surface area contributed by atoms with Gasteiger partial charge in [-0.15, -0.1) is 11.3 Å². The smallest absolute Gasteiger partial charge is 0.287 e. The van der Waals surface area contributed by atoms with Gasteiger partial charge in [0, 0.05) is 16.8 Å². The normalized spacial score (nSPS) is 12.3. The fourth-order valence-corrected chi connectivity index (χ4v) is 4.06. The Labute approximate surface area is 154 Å². The summed E-state index contributed by atoms with van der Waals surface area (Å²) in [5.74, 6) is -0.337. The Balaban J connectivity index is 1.53. The maximum absolute atomic E-state index is 12.5. The van der Waals surface area contributed by atoms with Gasteiger partial charge in [0.2, 0.25) is 0 Å². The number of para-hydroxylation sites is 1. The quantitative estimate of drug-likeness (QED) is 0.586. The average Bonchev–Trinajstić information content (AvgIpc) is 3.04. The van der Waals surface area contributed by atoms with E-state index >= 15 is 0 Å². The van der Waals surface area contributed by atoms with Crippen LogP contribution in [0.1, 0.15) is 23.0 Å². The van der Waals surface area contributed by atoms with Crippen LogP contribution in [0.25, 0.3) is 21.1 Å². The number of benzene rings is 2. The van der Waals surface area contributed by atoms with Crippen molar-refractivity contribution in [2.45, 2.75) is 19.4 Å². The third-order valence-corrected chi connectivity index (χ3v) is 5.34. The van der Waals surface area contributed by atoms with Gasteiger partial charge in [-0.2, -0.15) is 0 Å². The van der Waals surface area contributed by atoms with Gasteiger partial charge in [0.15, 0.2) is 11.2 Å². The SMILES string of the molecule is C[C@H](Cc1csc2ccccc12)NC(=O)c1cc(=O)c2ccccc2o1. The predicted molar refractivity (Wildman–Crippen MR) is 105 cm³/mol. The Bertz CT molecular complexity index is 1160. The van der Waals surface area contributed by atoms with E-state index in [-0.39, 0.29) is 23.1 Å². The second-order valence-electron chi connectivity index (χ2n) is 6.31. The molecule has 2 aromatic carbocycles. The van der Waals surface area contributed by atoms with Crippen molar-refractivity contribution < 1.29 is 9.21 Å². The lowest BCUT2D eigenvalue weighted by molar-refractivity contribution is 0.0912. The average molecular weight is 363 g/mol. The molecule has 1 atom stereocenters. The molecule has 130 valence electrons. The molecule has 0 aliphatic carbocycles. The van der Waals surface area contributed by atoms with Crippen molar-refractivity contribution >= 4 is 38.3 Å². The summed E-state index contributed by atoms with van der Waals surface area (Å²) in [7, 11) is 0. The lowest BCUT2D eigenvalue weighted by Gasteiger charge is -2.13. The molecule has 0 bridgehead atoms. The van der Waals surface area contributed by atoms with Crippen LogP contribution >= 0.6 is 11.3 Å². The fraction of sp³-hybridized carbons (Fsp3) is 0.143. The first-order valence-electron chi connectivity index (χ1n) is 8.40. The van der Waals surface area contributed by atoms with Crippen molar-refractivity contribution in [1.82, 2.24) is 5.32 Å². The number of carbonyl (C=O) groups is 1. The molecule has 0 saturated heterocycles. The van der Waals surface area contributed by atoms with Gasteiger partial charge in [0.1, 0.15) is 5.58 Å². The minimum atomic E-state index is -0.375. The van der Waals surface area contributed by atoms with Crippen molar-refractivity contribution in [1.29, 1.82) is 0 Å². The molecule has 0 fully saturated rings. The monoisotopic (exact) mass is 363 g/mol. The van der Waals surface area contributed by atoms with E-state index in [1.165, 1.54) is 21.7 Å². The van der Waals surface area contributed by atoms with Gasteiger partial charge in [-0.3, -0.25) is 9.59 Å². The summed E-state index contributed by atoms with van der Waals surface area (Å²) in [5.41, 5.74) is 1.41. The summed E-state index contributed by atoms with van der Waals surface area (Å²) in [4.78, 5) is 24.7. The molecule has 0 spiro atoms. The number of amides is 1. The summed E-state index contributed by atoms with van der Waals surface area (Å²) in [6, 6.07) is 16.3. The highest BCUT2D eigenvalue weighted by molar-refractivity contribution is 7.17. The Hall–Kier alpha value is -2.92. The number of hydrogen-bond donors (Lipinski definition) is 1. The minimum Gasteiger partial charge on any atom is -0.451 e. The molecule has 4 nitrogen and oxygen atoms in total. The van der Waals surface area contributed by atoms with Crippen LogP contribution in [0.15, 0.2) is 69.2 Å². The van der Waals surface area contributed by atoms with E-state index in [0.29, 0.717) is 17.4 Å². The molecule has 5 heteroatoms. The number of carbonyl (C=O) groups excluding carboxylic acids is 1. The number of fused-ring (bicyclic) bond motifs is 2. The van der Waals surface area contributed by atoms with Gasteiger partial charge in [-0.05, 0) is 47.9 Å². The number of nitrogens with one attached hydrogen (secondary N) is 1.